The Morgan fingerprint density at radius 2 is 2.11 bits per heavy atom. The molecule has 0 atom stereocenters. The van der Waals surface area contributed by atoms with Crippen molar-refractivity contribution in [3.05, 3.63) is 41.1 Å². The van der Waals surface area contributed by atoms with E-state index in [1.54, 1.807) is 0 Å². The number of aromatic nitrogens is 3. The summed E-state index contributed by atoms with van der Waals surface area (Å²) in [4.78, 5) is 11.6. The molecule has 1 aromatic carbocycles. The van der Waals surface area contributed by atoms with Crippen molar-refractivity contribution in [2.24, 2.45) is 5.84 Å². The van der Waals surface area contributed by atoms with E-state index < -0.39 is 0 Å². The number of benzene rings is 1. The third-order valence-electron chi connectivity index (χ3n) is 2.61. The molecule has 2 aromatic heterocycles. The van der Waals surface area contributed by atoms with Gasteiger partial charge in [-0.2, -0.15) is 0 Å². The molecule has 19 heavy (non-hydrogen) atoms. The third kappa shape index (κ3) is 2.44. The fourth-order valence-corrected chi connectivity index (χ4v) is 3.13. The van der Waals surface area contributed by atoms with Gasteiger partial charge in [-0.1, -0.05) is 30.0 Å². The highest BCUT2D eigenvalue weighted by Gasteiger charge is 2.10. The van der Waals surface area contributed by atoms with E-state index in [2.05, 4.69) is 48.4 Å². The molecular formula is C12H10BrN5S. The Balaban J connectivity index is 1.96. The first-order valence-electron chi connectivity index (χ1n) is 5.50. The number of halogens is 1. The van der Waals surface area contributed by atoms with Crippen molar-refractivity contribution in [2.45, 2.75) is 10.1 Å². The summed E-state index contributed by atoms with van der Waals surface area (Å²) in [5.41, 5.74) is 3.63. The molecule has 0 aliphatic rings. The highest BCUT2D eigenvalue weighted by atomic mass is 79.9. The number of nitrogens with one attached hydrogen (secondary N) is 2. The fourth-order valence-electron chi connectivity index (χ4n) is 1.73. The van der Waals surface area contributed by atoms with Crippen LogP contribution in [0.25, 0.3) is 10.9 Å². The lowest BCUT2D eigenvalue weighted by Gasteiger charge is -2.05. The van der Waals surface area contributed by atoms with Gasteiger partial charge in [0.15, 0.2) is 5.82 Å². The lowest BCUT2D eigenvalue weighted by atomic mass is 10.3. The Hall–Kier alpha value is -1.57. The topological polar surface area (TPSA) is 79.6 Å². The van der Waals surface area contributed by atoms with Crippen molar-refractivity contribution < 1.29 is 0 Å². The summed E-state index contributed by atoms with van der Waals surface area (Å²) in [5.74, 6) is 5.95. The first-order valence-corrected chi connectivity index (χ1v) is 7.11. The van der Waals surface area contributed by atoms with Gasteiger partial charge in [-0.25, -0.2) is 15.8 Å². The van der Waals surface area contributed by atoms with Gasteiger partial charge in [-0.15, -0.1) is 0 Å². The Kier molecular flexibility index (Phi) is 3.41. The molecule has 0 aliphatic carbocycles. The maximum absolute atomic E-state index is 5.39. The second kappa shape index (κ2) is 5.20. The lowest BCUT2D eigenvalue weighted by molar-refractivity contribution is 1.01. The monoisotopic (exact) mass is 335 g/mol. The van der Waals surface area contributed by atoms with Gasteiger partial charge in [0, 0.05) is 10.9 Å². The average Bonchev–Trinajstić information content (AvgIpc) is 2.83. The molecule has 0 amide bonds. The number of hydrazine groups is 1. The zero-order valence-corrected chi connectivity index (χ0v) is 12.1. The predicted octanol–water partition coefficient (Wildman–Crippen LogP) is 3.16. The SMILES string of the molecule is NNc1ncnc(Sc2cc3ccccc3[nH]2)c1Br. The number of H-pyrrole nitrogens is 1. The van der Waals surface area contributed by atoms with E-state index in [1.807, 2.05) is 18.2 Å². The second-order valence-electron chi connectivity index (χ2n) is 3.81. The average molecular weight is 336 g/mol. The van der Waals surface area contributed by atoms with Gasteiger partial charge >= 0.3 is 0 Å². The highest BCUT2D eigenvalue weighted by Crippen LogP contribution is 2.35. The fraction of sp³-hybridized carbons (Fsp3) is 0. The number of nitrogens with two attached hydrogens (primary N) is 1. The van der Waals surface area contributed by atoms with E-state index >= 15 is 0 Å². The molecule has 3 aromatic rings. The Morgan fingerprint density at radius 3 is 2.89 bits per heavy atom. The Labute approximate surface area is 122 Å². The molecule has 2 heterocycles. The van der Waals surface area contributed by atoms with E-state index in [0.29, 0.717) is 5.82 Å². The first kappa shape index (κ1) is 12.5. The standard InChI is InChI=1S/C12H10BrN5S/c13-10-11(18-14)15-6-16-12(10)19-9-5-7-3-1-2-4-8(7)17-9/h1-6,17H,14H2,(H,15,16,18). The summed E-state index contributed by atoms with van der Waals surface area (Å²) >= 11 is 4.96. The van der Waals surface area contributed by atoms with Gasteiger partial charge in [-0.3, -0.25) is 0 Å². The van der Waals surface area contributed by atoms with Crippen molar-refractivity contribution >= 4 is 44.4 Å². The quantitative estimate of drug-likeness (QED) is 0.389. The van der Waals surface area contributed by atoms with Gasteiger partial charge < -0.3 is 10.4 Å². The lowest BCUT2D eigenvalue weighted by Crippen LogP contribution is -2.09. The van der Waals surface area contributed by atoms with Crippen LogP contribution in [0.3, 0.4) is 0 Å². The summed E-state index contributed by atoms with van der Waals surface area (Å²) in [7, 11) is 0. The van der Waals surface area contributed by atoms with Crippen LogP contribution in [0.1, 0.15) is 0 Å². The Bertz CT molecular complexity index is 694. The van der Waals surface area contributed by atoms with Crippen LogP contribution in [-0.4, -0.2) is 15.0 Å². The van der Waals surface area contributed by atoms with Crippen LogP contribution in [-0.2, 0) is 0 Å². The van der Waals surface area contributed by atoms with Gasteiger partial charge in [0.2, 0.25) is 0 Å². The van der Waals surface area contributed by atoms with Crippen LogP contribution in [0.4, 0.5) is 5.82 Å². The molecule has 0 saturated heterocycles. The molecule has 3 rings (SSSR count). The third-order valence-corrected chi connectivity index (χ3v) is 4.56. The minimum Gasteiger partial charge on any atom is -0.349 e. The number of nitrogen functional groups attached to an aromatic ring is 1. The van der Waals surface area contributed by atoms with E-state index in [-0.39, 0.29) is 0 Å². The van der Waals surface area contributed by atoms with Gasteiger partial charge in [-0.05, 0) is 28.1 Å². The summed E-state index contributed by atoms with van der Waals surface area (Å²) < 4.78 is 0.751. The molecule has 0 unspecified atom stereocenters. The van der Waals surface area contributed by atoms with Crippen molar-refractivity contribution in [1.29, 1.82) is 0 Å². The molecule has 5 nitrogen and oxygen atoms in total. The highest BCUT2D eigenvalue weighted by molar-refractivity contribution is 9.10. The van der Waals surface area contributed by atoms with E-state index in [9.17, 15) is 0 Å². The molecule has 0 spiro atoms. The van der Waals surface area contributed by atoms with Crippen LogP contribution in [0.5, 0.6) is 0 Å². The van der Waals surface area contributed by atoms with Crippen LogP contribution in [0, 0.1) is 0 Å². The number of para-hydroxylation sites is 1. The molecule has 0 fully saturated rings. The molecule has 0 bridgehead atoms. The molecule has 7 heteroatoms. The number of anilines is 1. The molecular weight excluding hydrogens is 326 g/mol. The number of aromatic amines is 1. The second-order valence-corrected chi connectivity index (χ2v) is 5.63. The summed E-state index contributed by atoms with van der Waals surface area (Å²) in [6, 6.07) is 10.2. The van der Waals surface area contributed by atoms with Crippen molar-refractivity contribution in [3.8, 4) is 0 Å². The molecule has 96 valence electrons. The van der Waals surface area contributed by atoms with E-state index in [4.69, 9.17) is 5.84 Å². The summed E-state index contributed by atoms with van der Waals surface area (Å²) in [6.45, 7) is 0. The molecule has 0 saturated carbocycles. The number of fused-ring (bicyclic) bond motifs is 1. The smallest absolute Gasteiger partial charge is 0.158 e. The maximum Gasteiger partial charge on any atom is 0.158 e. The van der Waals surface area contributed by atoms with Crippen LogP contribution in [0.2, 0.25) is 0 Å². The van der Waals surface area contributed by atoms with Crippen molar-refractivity contribution in [2.75, 3.05) is 5.43 Å². The minimum absolute atomic E-state index is 0.564. The zero-order valence-electron chi connectivity index (χ0n) is 9.72. The molecule has 0 radical (unpaired) electrons. The van der Waals surface area contributed by atoms with Crippen molar-refractivity contribution in [1.82, 2.24) is 15.0 Å². The number of nitrogens with zero attached hydrogens (tertiary/aromatic N) is 2. The van der Waals surface area contributed by atoms with E-state index in [0.717, 1.165) is 20.0 Å². The maximum atomic E-state index is 5.39. The largest absolute Gasteiger partial charge is 0.349 e. The first-order chi connectivity index (χ1) is 9.28. The number of rotatable bonds is 3. The normalized spacial score (nSPS) is 10.8. The summed E-state index contributed by atoms with van der Waals surface area (Å²) in [5, 5.41) is 2.99. The number of hydrogen-bond donors (Lipinski definition) is 3. The summed E-state index contributed by atoms with van der Waals surface area (Å²) in [6.07, 6.45) is 1.48. The number of hydrogen-bond acceptors (Lipinski definition) is 5. The Morgan fingerprint density at radius 1 is 1.26 bits per heavy atom. The van der Waals surface area contributed by atoms with Crippen LogP contribution >= 0.6 is 27.7 Å². The van der Waals surface area contributed by atoms with Gasteiger partial charge in [0.05, 0.1) is 9.50 Å². The molecule has 0 aliphatic heterocycles. The molecule has 4 N–H and O–H groups in total. The predicted molar refractivity (Wildman–Crippen MR) is 80.0 cm³/mol. The van der Waals surface area contributed by atoms with E-state index in [1.165, 1.54) is 23.5 Å². The van der Waals surface area contributed by atoms with Gasteiger partial charge in [0.25, 0.3) is 0 Å². The van der Waals surface area contributed by atoms with Crippen LogP contribution < -0.4 is 11.3 Å². The van der Waals surface area contributed by atoms with Gasteiger partial charge in [0.1, 0.15) is 11.4 Å². The minimum atomic E-state index is 0.564. The van der Waals surface area contributed by atoms with Crippen LogP contribution in [0.15, 0.2) is 51.2 Å². The zero-order chi connectivity index (χ0) is 13.2. The van der Waals surface area contributed by atoms with Crippen molar-refractivity contribution in [3.63, 3.8) is 0 Å².